The van der Waals surface area contributed by atoms with Crippen LogP contribution in [0.5, 0.6) is 11.5 Å². The van der Waals surface area contributed by atoms with Crippen molar-refractivity contribution in [2.75, 3.05) is 7.11 Å². The Hall–Kier alpha value is -2.29. The van der Waals surface area contributed by atoms with E-state index in [9.17, 15) is 4.79 Å². The van der Waals surface area contributed by atoms with Crippen molar-refractivity contribution in [2.24, 2.45) is 0 Å². The highest BCUT2D eigenvalue weighted by Crippen LogP contribution is 2.24. The summed E-state index contributed by atoms with van der Waals surface area (Å²) >= 11 is 0. The summed E-state index contributed by atoms with van der Waals surface area (Å²) in [5, 5.41) is 0. The van der Waals surface area contributed by atoms with Crippen molar-refractivity contribution in [1.29, 1.82) is 0 Å². The highest BCUT2D eigenvalue weighted by atomic mass is 16.5. The lowest BCUT2D eigenvalue weighted by Gasteiger charge is -2.04. The number of benzene rings is 2. The molecule has 17 heavy (non-hydrogen) atoms. The van der Waals surface area contributed by atoms with Crippen molar-refractivity contribution in [1.82, 2.24) is 0 Å². The van der Waals surface area contributed by atoms with Crippen LogP contribution in [0.2, 0.25) is 0 Å². The van der Waals surface area contributed by atoms with Gasteiger partial charge in [-0.15, -0.1) is 0 Å². The molecule has 0 aliphatic heterocycles. The zero-order valence-corrected chi connectivity index (χ0v) is 9.42. The minimum atomic E-state index is 0.419. The van der Waals surface area contributed by atoms with Gasteiger partial charge in [-0.3, -0.25) is 4.79 Å². The minimum Gasteiger partial charge on any atom is -0.497 e. The average Bonchev–Trinajstić information content (AvgIpc) is 2.40. The molecule has 3 heteroatoms. The van der Waals surface area contributed by atoms with Crippen molar-refractivity contribution >= 4 is 6.47 Å². The first-order valence-corrected chi connectivity index (χ1v) is 5.18. The molecule has 0 aliphatic carbocycles. The lowest BCUT2D eigenvalue weighted by Crippen LogP contribution is -1.88. The fourth-order valence-electron chi connectivity index (χ4n) is 1.56. The topological polar surface area (TPSA) is 35.5 Å². The standard InChI is InChI=1S/C14H12O3/c1-16-13-6-2-11(3-7-13)12-4-8-14(9-5-12)17-10-15/h2-10H,1H3. The largest absolute Gasteiger partial charge is 0.497 e. The third kappa shape index (κ3) is 2.64. The third-order valence-corrected chi connectivity index (χ3v) is 2.46. The lowest BCUT2D eigenvalue weighted by atomic mass is 10.1. The van der Waals surface area contributed by atoms with Gasteiger partial charge in [0.1, 0.15) is 11.5 Å². The van der Waals surface area contributed by atoms with Crippen LogP contribution >= 0.6 is 0 Å². The van der Waals surface area contributed by atoms with Gasteiger partial charge in [0.25, 0.3) is 6.47 Å². The van der Waals surface area contributed by atoms with Crippen LogP contribution in [0.15, 0.2) is 48.5 Å². The number of carbonyl (C=O) groups excluding carboxylic acids is 1. The Labute approximate surface area is 99.6 Å². The number of carbonyl (C=O) groups is 1. The van der Waals surface area contributed by atoms with Gasteiger partial charge in [-0.1, -0.05) is 24.3 Å². The third-order valence-electron chi connectivity index (χ3n) is 2.46. The summed E-state index contributed by atoms with van der Waals surface area (Å²) in [5.74, 6) is 1.37. The van der Waals surface area contributed by atoms with E-state index in [0.717, 1.165) is 16.9 Å². The molecule has 0 radical (unpaired) electrons. The fraction of sp³-hybridized carbons (Fsp3) is 0.0714. The molecule has 0 spiro atoms. The van der Waals surface area contributed by atoms with Crippen LogP contribution in [-0.2, 0) is 4.79 Å². The van der Waals surface area contributed by atoms with Crippen LogP contribution in [0.1, 0.15) is 0 Å². The van der Waals surface area contributed by atoms with Crippen LogP contribution in [0.4, 0.5) is 0 Å². The minimum absolute atomic E-state index is 0.419. The van der Waals surface area contributed by atoms with E-state index in [1.165, 1.54) is 0 Å². The number of hydrogen-bond acceptors (Lipinski definition) is 3. The predicted octanol–water partition coefficient (Wildman–Crippen LogP) is 2.90. The van der Waals surface area contributed by atoms with Crippen molar-refractivity contribution in [3.8, 4) is 22.6 Å². The molecular formula is C14H12O3. The highest BCUT2D eigenvalue weighted by Gasteiger charge is 1.99. The quantitative estimate of drug-likeness (QED) is 0.755. The van der Waals surface area contributed by atoms with Gasteiger partial charge in [-0.05, 0) is 35.4 Å². The molecule has 0 aromatic heterocycles. The number of rotatable bonds is 4. The molecule has 0 aliphatic rings. The van der Waals surface area contributed by atoms with Crippen LogP contribution in [0.25, 0.3) is 11.1 Å². The molecule has 0 N–H and O–H groups in total. The van der Waals surface area contributed by atoms with Crippen molar-refractivity contribution < 1.29 is 14.3 Å². The molecule has 0 bridgehead atoms. The zero-order chi connectivity index (χ0) is 12.1. The SMILES string of the molecule is COc1ccc(-c2ccc(OC=O)cc2)cc1. The monoisotopic (exact) mass is 228 g/mol. The van der Waals surface area contributed by atoms with Gasteiger partial charge in [0.2, 0.25) is 0 Å². The smallest absolute Gasteiger partial charge is 0.298 e. The summed E-state index contributed by atoms with van der Waals surface area (Å²) in [6.07, 6.45) is 0. The van der Waals surface area contributed by atoms with Gasteiger partial charge in [0.05, 0.1) is 7.11 Å². The van der Waals surface area contributed by atoms with E-state index in [0.29, 0.717) is 12.2 Å². The number of ether oxygens (including phenoxy) is 2. The first-order valence-electron chi connectivity index (χ1n) is 5.18. The van der Waals surface area contributed by atoms with E-state index in [4.69, 9.17) is 9.47 Å². The van der Waals surface area contributed by atoms with Crippen LogP contribution < -0.4 is 9.47 Å². The summed E-state index contributed by atoms with van der Waals surface area (Å²) in [6.45, 7) is 0.419. The molecule has 0 heterocycles. The second kappa shape index (κ2) is 5.16. The molecule has 0 saturated heterocycles. The van der Waals surface area contributed by atoms with E-state index in [1.54, 1.807) is 19.2 Å². The Bertz CT molecular complexity index is 486. The Morgan fingerprint density at radius 3 is 1.71 bits per heavy atom. The van der Waals surface area contributed by atoms with E-state index in [2.05, 4.69) is 0 Å². The molecular weight excluding hydrogens is 216 g/mol. The molecule has 0 unspecified atom stereocenters. The average molecular weight is 228 g/mol. The molecule has 86 valence electrons. The Kier molecular flexibility index (Phi) is 3.40. The number of methoxy groups -OCH3 is 1. The van der Waals surface area contributed by atoms with E-state index in [1.807, 2.05) is 36.4 Å². The van der Waals surface area contributed by atoms with Gasteiger partial charge < -0.3 is 9.47 Å². The molecule has 0 fully saturated rings. The van der Waals surface area contributed by atoms with Gasteiger partial charge in [-0.25, -0.2) is 0 Å². The molecule has 2 aromatic carbocycles. The van der Waals surface area contributed by atoms with Crippen molar-refractivity contribution in [3.63, 3.8) is 0 Å². The van der Waals surface area contributed by atoms with Crippen LogP contribution in [-0.4, -0.2) is 13.6 Å². The molecule has 0 saturated carbocycles. The number of hydrogen-bond donors (Lipinski definition) is 0. The normalized spacial score (nSPS) is 9.71. The molecule has 3 nitrogen and oxygen atoms in total. The summed E-state index contributed by atoms with van der Waals surface area (Å²) < 4.78 is 9.83. The van der Waals surface area contributed by atoms with Gasteiger partial charge >= 0.3 is 0 Å². The van der Waals surface area contributed by atoms with Crippen molar-refractivity contribution in [3.05, 3.63) is 48.5 Å². The lowest BCUT2D eigenvalue weighted by molar-refractivity contribution is -0.120. The van der Waals surface area contributed by atoms with Crippen LogP contribution in [0.3, 0.4) is 0 Å². The van der Waals surface area contributed by atoms with Crippen molar-refractivity contribution in [2.45, 2.75) is 0 Å². The summed E-state index contributed by atoms with van der Waals surface area (Å²) in [5.41, 5.74) is 2.15. The zero-order valence-electron chi connectivity index (χ0n) is 9.42. The summed E-state index contributed by atoms with van der Waals surface area (Å²) in [4.78, 5) is 10.2. The maximum atomic E-state index is 10.2. The van der Waals surface area contributed by atoms with E-state index >= 15 is 0 Å². The Balaban J connectivity index is 2.23. The molecule has 0 amide bonds. The highest BCUT2D eigenvalue weighted by molar-refractivity contribution is 5.65. The molecule has 0 atom stereocenters. The van der Waals surface area contributed by atoms with Gasteiger partial charge in [0.15, 0.2) is 0 Å². The predicted molar refractivity (Wildman–Crippen MR) is 65.1 cm³/mol. The second-order valence-electron chi connectivity index (χ2n) is 3.47. The fourth-order valence-corrected chi connectivity index (χ4v) is 1.56. The first-order chi connectivity index (χ1) is 8.33. The summed E-state index contributed by atoms with van der Waals surface area (Å²) in [6, 6.07) is 15.1. The maximum Gasteiger partial charge on any atom is 0.298 e. The van der Waals surface area contributed by atoms with E-state index in [-0.39, 0.29) is 0 Å². The molecule has 2 aromatic rings. The maximum absolute atomic E-state index is 10.2. The Morgan fingerprint density at radius 1 is 0.824 bits per heavy atom. The Morgan fingerprint density at radius 2 is 1.29 bits per heavy atom. The molecule has 2 rings (SSSR count). The van der Waals surface area contributed by atoms with Gasteiger partial charge in [0, 0.05) is 0 Å². The first kappa shape index (κ1) is 11.2. The second-order valence-corrected chi connectivity index (χ2v) is 3.47. The van der Waals surface area contributed by atoms with Crippen LogP contribution in [0, 0.1) is 0 Å². The van der Waals surface area contributed by atoms with Gasteiger partial charge in [-0.2, -0.15) is 0 Å². The summed E-state index contributed by atoms with van der Waals surface area (Å²) in [7, 11) is 1.64. The van der Waals surface area contributed by atoms with E-state index < -0.39 is 0 Å².